The van der Waals surface area contributed by atoms with Gasteiger partial charge in [-0.25, -0.2) is 0 Å². The lowest BCUT2D eigenvalue weighted by Crippen LogP contribution is -2.41. The highest BCUT2D eigenvalue weighted by Gasteiger charge is 2.52. The first kappa shape index (κ1) is 13.2. The van der Waals surface area contributed by atoms with Crippen molar-refractivity contribution in [2.24, 2.45) is 5.92 Å². The normalized spacial score (nSPS) is 28.4. The van der Waals surface area contributed by atoms with E-state index in [0.717, 1.165) is 5.47 Å². The largest absolute Gasteiger partial charge is 0.490 e. The highest BCUT2D eigenvalue weighted by molar-refractivity contribution is 6.54. The summed E-state index contributed by atoms with van der Waals surface area (Å²) >= 11 is 0. The van der Waals surface area contributed by atoms with Gasteiger partial charge in [-0.05, 0) is 51.9 Å². The molecule has 2 aliphatic rings. The van der Waals surface area contributed by atoms with Gasteiger partial charge in [-0.15, -0.1) is 6.58 Å². The molecule has 0 N–H and O–H groups in total. The summed E-state index contributed by atoms with van der Waals surface area (Å²) in [6.45, 7) is 12.6. The van der Waals surface area contributed by atoms with Crippen LogP contribution in [0.3, 0.4) is 0 Å². The van der Waals surface area contributed by atoms with Crippen molar-refractivity contribution in [3.05, 3.63) is 12.1 Å². The molecule has 0 radical (unpaired) electrons. The zero-order chi connectivity index (χ0) is 12.7. The Morgan fingerprint density at radius 2 is 1.47 bits per heavy atom. The van der Waals surface area contributed by atoms with Crippen molar-refractivity contribution < 1.29 is 9.31 Å². The first-order valence-electron chi connectivity index (χ1n) is 6.88. The van der Waals surface area contributed by atoms with Crippen LogP contribution < -0.4 is 0 Å². The van der Waals surface area contributed by atoms with Gasteiger partial charge in [-0.1, -0.05) is 19.3 Å². The fourth-order valence-corrected chi connectivity index (χ4v) is 2.66. The molecule has 0 aromatic carbocycles. The SMILES string of the molecule is C=C(B1OC(C)(C)C(C)(C)O1)C1CCCCC1. The van der Waals surface area contributed by atoms with Crippen LogP contribution >= 0.6 is 0 Å². The Bertz CT molecular complexity index is 287. The van der Waals surface area contributed by atoms with Crippen LogP contribution in [0.4, 0.5) is 0 Å². The van der Waals surface area contributed by atoms with E-state index in [2.05, 4.69) is 34.3 Å². The lowest BCUT2D eigenvalue weighted by Gasteiger charge is -2.32. The molecule has 96 valence electrons. The third kappa shape index (κ3) is 2.46. The van der Waals surface area contributed by atoms with Crippen molar-refractivity contribution >= 4 is 7.12 Å². The van der Waals surface area contributed by atoms with Crippen LogP contribution in [0.5, 0.6) is 0 Å². The molecule has 1 heterocycles. The van der Waals surface area contributed by atoms with E-state index in [1.165, 1.54) is 32.1 Å². The lowest BCUT2D eigenvalue weighted by molar-refractivity contribution is 0.00578. The van der Waals surface area contributed by atoms with Crippen LogP contribution in [-0.2, 0) is 9.31 Å². The van der Waals surface area contributed by atoms with Crippen molar-refractivity contribution in [3.63, 3.8) is 0 Å². The van der Waals surface area contributed by atoms with Gasteiger partial charge in [0, 0.05) is 0 Å². The molecule has 0 bridgehead atoms. The number of rotatable bonds is 2. The molecule has 0 amide bonds. The molecule has 17 heavy (non-hydrogen) atoms. The molecular formula is C14H25BO2. The third-order valence-corrected chi connectivity index (χ3v) is 4.69. The number of allylic oxidation sites excluding steroid dienone is 1. The maximum absolute atomic E-state index is 6.06. The van der Waals surface area contributed by atoms with E-state index in [9.17, 15) is 0 Å². The van der Waals surface area contributed by atoms with Gasteiger partial charge in [0.2, 0.25) is 0 Å². The number of hydrogen-bond acceptors (Lipinski definition) is 2. The summed E-state index contributed by atoms with van der Waals surface area (Å²) in [6, 6.07) is 0. The average molecular weight is 236 g/mol. The van der Waals surface area contributed by atoms with Crippen LogP contribution in [-0.4, -0.2) is 18.3 Å². The van der Waals surface area contributed by atoms with E-state index in [-0.39, 0.29) is 18.3 Å². The summed E-state index contributed by atoms with van der Waals surface area (Å²) < 4.78 is 12.1. The first-order chi connectivity index (χ1) is 7.83. The maximum atomic E-state index is 6.06. The predicted octanol–water partition coefficient (Wildman–Crippen LogP) is 3.75. The highest BCUT2D eigenvalue weighted by Crippen LogP contribution is 2.41. The van der Waals surface area contributed by atoms with Crippen LogP contribution in [0.1, 0.15) is 59.8 Å². The van der Waals surface area contributed by atoms with Gasteiger partial charge in [-0.3, -0.25) is 0 Å². The molecule has 2 nitrogen and oxygen atoms in total. The quantitative estimate of drug-likeness (QED) is 0.679. The molecule has 0 aromatic rings. The summed E-state index contributed by atoms with van der Waals surface area (Å²) in [5.74, 6) is 0.596. The third-order valence-electron chi connectivity index (χ3n) is 4.69. The van der Waals surface area contributed by atoms with Gasteiger partial charge >= 0.3 is 7.12 Å². The smallest absolute Gasteiger partial charge is 0.400 e. The van der Waals surface area contributed by atoms with Crippen LogP contribution in [0.25, 0.3) is 0 Å². The van der Waals surface area contributed by atoms with Crippen LogP contribution in [0, 0.1) is 5.92 Å². The molecule has 0 spiro atoms. The maximum Gasteiger partial charge on any atom is 0.490 e. The number of hydrogen-bond donors (Lipinski definition) is 0. The fraction of sp³-hybridized carbons (Fsp3) is 0.857. The van der Waals surface area contributed by atoms with Gasteiger partial charge in [0.15, 0.2) is 0 Å². The molecule has 1 saturated carbocycles. The summed E-state index contributed by atoms with van der Waals surface area (Å²) in [4.78, 5) is 0. The molecule has 1 aliphatic heterocycles. The second-order valence-electron chi connectivity index (χ2n) is 6.50. The summed E-state index contributed by atoms with van der Waals surface area (Å²) in [6.07, 6.45) is 6.52. The Hall–Kier alpha value is -0.275. The summed E-state index contributed by atoms with van der Waals surface area (Å²) in [5.41, 5.74) is 0.674. The Morgan fingerprint density at radius 3 is 1.94 bits per heavy atom. The molecule has 0 unspecified atom stereocenters. The fourth-order valence-electron chi connectivity index (χ4n) is 2.66. The Labute approximate surface area is 106 Å². The molecule has 3 heteroatoms. The van der Waals surface area contributed by atoms with E-state index < -0.39 is 0 Å². The molecule has 0 atom stereocenters. The highest BCUT2D eigenvalue weighted by atomic mass is 16.7. The van der Waals surface area contributed by atoms with E-state index >= 15 is 0 Å². The second kappa shape index (κ2) is 4.44. The molecule has 2 rings (SSSR count). The van der Waals surface area contributed by atoms with Crippen molar-refractivity contribution in [3.8, 4) is 0 Å². The Morgan fingerprint density at radius 1 is 1.00 bits per heavy atom. The van der Waals surface area contributed by atoms with Crippen molar-refractivity contribution in [1.29, 1.82) is 0 Å². The molecule has 0 aromatic heterocycles. The van der Waals surface area contributed by atoms with Crippen LogP contribution in [0.2, 0.25) is 0 Å². The monoisotopic (exact) mass is 236 g/mol. The van der Waals surface area contributed by atoms with E-state index in [4.69, 9.17) is 9.31 Å². The van der Waals surface area contributed by atoms with E-state index in [1.807, 2.05) is 0 Å². The average Bonchev–Trinajstić information content (AvgIpc) is 2.48. The summed E-state index contributed by atoms with van der Waals surface area (Å²) in [7, 11) is -0.205. The predicted molar refractivity (Wildman–Crippen MR) is 71.8 cm³/mol. The molecule has 1 aliphatic carbocycles. The van der Waals surface area contributed by atoms with Gasteiger partial charge in [-0.2, -0.15) is 0 Å². The van der Waals surface area contributed by atoms with E-state index in [0.29, 0.717) is 5.92 Å². The van der Waals surface area contributed by atoms with Crippen LogP contribution in [0.15, 0.2) is 12.1 Å². The molecular weight excluding hydrogens is 211 g/mol. The zero-order valence-electron chi connectivity index (χ0n) is 11.7. The minimum atomic E-state index is -0.241. The Balaban J connectivity index is 2.02. The summed E-state index contributed by atoms with van der Waals surface area (Å²) in [5, 5.41) is 0. The van der Waals surface area contributed by atoms with Crippen molar-refractivity contribution in [1.82, 2.24) is 0 Å². The minimum Gasteiger partial charge on any atom is -0.400 e. The van der Waals surface area contributed by atoms with Gasteiger partial charge in [0.25, 0.3) is 0 Å². The topological polar surface area (TPSA) is 18.5 Å². The standard InChI is InChI=1S/C14H25BO2/c1-11(12-9-7-6-8-10-12)15-16-13(2,3)14(4,5)17-15/h12H,1,6-10H2,2-5H3. The molecule has 1 saturated heterocycles. The Kier molecular flexibility index (Phi) is 3.43. The lowest BCUT2D eigenvalue weighted by atomic mass is 9.67. The van der Waals surface area contributed by atoms with Crippen molar-refractivity contribution in [2.75, 3.05) is 0 Å². The van der Waals surface area contributed by atoms with Gasteiger partial charge < -0.3 is 9.31 Å². The first-order valence-corrected chi connectivity index (χ1v) is 6.88. The molecule has 2 fully saturated rings. The zero-order valence-corrected chi connectivity index (χ0v) is 11.7. The van der Waals surface area contributed by atoms with Crippen molar-refractivity contribution in [2.45, 2.75) is 71.0 Å². The minimum absolute atomic E-state index is 0.205. The second-order valence-corrected chi connectivity index (χ2v) is 6.50. The van der Waals surface area contributed by atoms with Gasteiger partial charge in [0.05, 0.1) is 11.2 Å². The van der Waals surface area contributed by atoms with Gasteiger partial charge in [0.1, 0.15) is 0 Å². The van der Waals surface area contributed by atoms with E-state index in [1.54, 1.807) is 0 Å².